The van der Waals surface area contributed by atoms with Gasteiger partial charge in [-0.3, -0.25) is 0 Å². The molecule has 1 heterocycles. The molecule has 1 aromatic carbocycles. The van der Waals surface area contributed by atoms with E-state index in [9.17, 15) is 0 Å². The summed E-state index contributed by atoms with van der Waals surface area (Å²) in [5, 5.41) is 3.64. The van der Waals surface area contributed by atoms with Gasteiger partial charge in [-0.25, -0.2) is 4.98 Å². The Balaban J connectivity index is 2.38. The van der Waals surface area contributed by atoms with E-state index < -0.39 is 0 Å². The molecule has 2 aromatic rings. The van der Waals surface area contributed by atoms with Crippen molar-refractivity contribution in [1.29, 1.82) is 0 Å². The summed E-state index contributed by atoms with van der Waals surface area (Å²) in [5.41, 5.74) is 5.82. The quantitative estimate of drug-likeness (QED) is 0.789. The molecule has 0 fully saturated rings. The van der Waals surface area contributed by atoms with E-state index in [4.69, 9.17) is 0 Å². The van der Waals surface area contributed by atoms with E-state index in [1.807, 2.05) is 12.1 Å². The Morgan fingerprint density at radius 2 is 1.65 bits per heavy atom. The molecule has 3 heteroatoms. The molecule has 0 amide bonds. The van der Waals surface area contributed by atoms with Crippen LogP contribution in [-0.2, 0) is 5.54 Å². The number of aryl methyl sites for hydroxylation is 3. The van der Waals surface area contributed by atoms with Crippen LogP contribution >= 0.6 is 15.9 Å². The van der Waals surface area contributed by atoms with Gasteiger partial charge in [-0.05, 0) is 73.8 Å². The Hall–Kier alpha value is -1.35. The zero-order valence-electron chi connectivity index (χ0n) is 12.7. The maximum atomic E-state index is 4.57. The minimum atomic E-state index is -0.228. The van der Waals surface area contributed by atoms with Crippen molar-refractivity contribution in [2.24, 2.45) is 0 Å². The van der Waals surface area contributed by atoms with Crippen molar-refractivity contribution < 1.29 is 0 Å². The lowest BCUT2D eigenvalue weighted by molar-refractivity contribution is 0.584. The lowest BCUT2D eigenvalue weighted by atomic mass is 9.96. The second kappa shape index (κ2) is 5.57. The van der Waals surface area contributed by atoms with E-state index in [0.29, 0.717) is 0 Å². The van der Waals surface area contributed by atoms with Crippen LogP contribution in [0.4, 0.5) is 5.69 Å². The van der Waals surface area contributed by atoms with Crippen LogP contribution in [0.3, 0.4) is 0 Å². The molecule has 1 aromatic heterocycles. The third-order valence-corrected chi connectivity index (χ3v) is 3.91. The van der Waals surface area contributed by atoms with Gasteiger partial charge in [0.1, 0.15) is 4.60 Å². The van der Waals surface area contributed by atoms with Crippen LogP contribution in [0, 0.1) is 20.8 Å². The number of hydrogen-bond donors (Lipinski definition) is 1. The first-order valence-electron chi connectivity index (χ1n) is 6.78. The molecule has 20 heavy (non-hydrogen) atoms. The Morgan fingerprint density at radius 3 is 2.20 bits per heavy atom. The summed E-state index contributed by atoms with van der Waals surface area (Å²) in [7, 11) is 0. The summed E-state index contributed by atoms with van der Waals surface area (Å²) in [6, 6.07) is 10.4. The SMILES string of the molecule is Cc1cc(C)c(NC(C)(C)c2cccc(Br)n2)c(C)c1. The molecular formula is C17H21BrN2. The monoisotopic (exact) mass is 332 g/mol. The number of hydrogen-bond acceptors (Lipinski definition) is 2. The smallest absolute Gasteiger partial charge is 0.106 e. The summed E-state index contributed by atoms with van der Waals surface area (Å²) in [5.74, 6) is 0. The molecule has 0 unspecified atom stereocenters. The molecule has 2 nitrogen and oxygen atoms in total. The number of aromatic nitrogens is 1. The van der Waals surface area contributed by atoms with E-state index in [1.165, 1.54) is 22.4 Å². The van der Waals surface area contributed by atoms with Crippen molar-refractivity contribution in [3.8, 4) is 0 Å². The van der Waals surface area contributed by atoms with Gasteiger partial charge in [-0.15, -0.1) is 0 Å². The van der Waals surface area contributed by atoms with Gasteiger partial charge in [0.25, 0.3) is 0 Å². The number of pyridine rings is 1. The second-order valence-electron chi connectivity index (χ2n) is 5.87. The molecule has 106 valence electrons. The number of halogens is 1. The summed E-state index contributed by atoms with van der Waals surface area (Å²) in [4.78, 5) is 4.57. The first-order chi connectivity index (χ1) is 9.29. The van der Waals surface area contributed by atoms with Crippen LogP contribution in [0.1, 0.15) is 36.2 Å². The van der Waals surface area contributed by atoms with Crippen LogP contribution < -0.4 is 5.32 Å². The Bertz CT molecular complexity index is 610. The molecule has 0 atom stereocenters. The van der Waals surface area contributed by atoms with Gasteiger partial charge >= 0.3 is 0 Å². The average Bonchev–Trinajstić information content (AvgIpc) is 2.34. The van der Waals surface area contributed by atoms with E-state index in [1.54, 1.807) is 0 Å². The van der Waals surface area contributed by atoms with Crippen LogP contribution in [0.25, 0.3) is 0 Å². The van der Waals surface area contributed by atoms with Crippen molar-refractivity contribution in [2.75, 3.05) is 5.32 Å². The predicted molar refractivity (Wildman–Crippen MR) is 89.2 cm³/mol. The molecule has 0 aliphatic heterocycles. The number of nitrogens with one attached hydrogen (secondary N) is 1. The van der Waals surface area contributed by atoms with Crippen LogP contribution in [0.5, 0.6) is 0 Å². The predicted octanol–water partition coefficient (Wildman–Crippen LogP) is 5.12. The summed E-state index contributed by atoms with van der Waals surface area (Å²) < 4.78 is 0.863. The molecule has 0 saturated heterocycles. The molecule has 0 aliphatic carbocycles. The van der Waals surface area contributed by atoms with Crippen molar-refractivity contribution in [3.63, 3.8) is 0 Å². The fourth-order valence-corrected chi connectivity index (χ4v) is 2.85. The Labute approximate surface area is 129 Å². The molecule has 0 spiro atoms. The molecule has 0 radical (unpaired) electrons. The topological polar surface area (TPSA) is 24.9 Å². The molecule has 2 rings (SSSR count). The zero-order valence-corrected chi connectivity index (χ0v) is 14.3. The van der Waals surface area contributed by atoms with Crippen LogP contribution in [0.15, 0.2) is 34.9 Å². The molecule has 1 N–H and O–H groups in total. The third kappa shape index (κ3) is 3.21. The first kappa shape index (κ1) is 15.0. The van der Waals surface area contributed by atoms with Crippen molar-refractivity contribution in [3.05, 3.63) is 57.3 Å². The van der Waals surface area contributed by atoms with Crippen LogP contribution in [0.2, 0.25) is 0 Å². The van der Waals surface area contributed by atoms with Gasteiger partial charge < -0.3 is 5.32 Å². The van der Waals surface area contributed by atoms with Gasteiger partial charge in [0.05, 0.1) is 11.2 Å². The van der Waals surface area contributed by atoms with E-state index in [0.717, 1.165) is 10.3 Å². The second-order valence-corrected chi connectivity index (χ2v) is 6.68. The Kier molecular flexibility index (Phi) is 4.19. The fraction of sp³-hybridized carbons (Fsp3) is 0.353. The van der Waals surface area contributed by atoms with Crippen LogP contribution in [-0.4, -0.2) is 4.98 Å². The first-order valence-corrected chi connectivity index (χ1v) is 7.58. The standard InChI is InChI=1S/C17H21BrN2/c1-11-9-12(2)16(13(3)10-11)20-17(4,5)14-7-6-8-15(18)19-14/h6-10,20H,1-5H3. The maximum absolute atomic E-state index is 4.57. The van der Waals surface area contributed by atoms with Gasteiger partial charge in [0.15, 0.2) is 0 Å². The number of nitrogens with zero attached hydrogens (tertiary/aromatic N) is 1. The summed E-state index contributed by atoms with van der Waals surface area (Å²) in [6.45, 7) is 10.7. The highest BCUT2D eigenvalue weighted by Crippen LogP contribution is 2.30. The Morgan fingerprint density at radius 1 is 1.05 bits per heavy atom. The molecule has 0 saturated carbocycles. The minimum Gasteiger partial charge on any atom is -0.374 e. The number of benzene rings is 1. The highest BCUT2D eigenvalue weighted by Gasteiger charge is 2.23. The lowest BCUT2D eigenvalue weighted by Gasteiger charge is -2.29. The van der Waals surface area contributed by atoms with Gasteiger partial charge in [0, 0.05) is 5.69 Å². The van der Waals surface area contributed by atoms with Crippen molar-refractivity contribution >= 4 is 21.6 Å². The molecule has 0 bridgehead atoms. The fourth-order valence-electron chi connectivity index (χ4n) is 2.51. The largest absolute Gasteiger partial charge is 0.374 e. The highest BCUT2D eigenvalue weighted by molar-refractivity contribution is 9.10. The average molecular weight is 333 g/mol. The van der Waals surface area contributed by atoms with Gasteiger partial charge in [-0.1, -0.05) is 23.8 Å². The van der Waals surface area contributed by atoms with Crippen molar-refractivity contribution in [2.45, 2.75) is 40.2 Å². The van der Waals surface area contributed by atoms with Crippen molar-refractivity contribution in [1.82, 2.24) is 4.98 Å². The van der Waals surface area contributed by atoms with E-state index in [2.05, 4.69) is 79.0 Å². The maximum Gasteiger partial charge on any atom is 0.106 e. The number of rotatable bonds is 3. The van der Waals surface area contributed by atoms with Gasteiger partial charge in [-0.2, -0.15) is 0 Å². The normalized spacial score (nSPS) is 11.5. The minimum absolute atomic E-state index is 0.228. The highest BCUT2D eigenvalue weighted by atomic mass is 79.9. The molecule has 0 aliphatic rings. The summed E-state index contributed by atoms with van der Waals surface area (Å²) >= 11 is 3.44. The van der Waals surface area contributed by atoms with E-state index >= 15 is 0 Å². The van der Waals surface area contributed by atoms with Gasteiger partial charge in [0.2, 0.25) is 0 Å². The molecular weight excluding hydrogens is 312 g/mol. The third-order valence-electron chi connectivity index (χ3n) is 3.47. The lowest BCUT2D eigenvalue weighted by Crippen LogP contribution is -2.30. The summed E-state index contributed by atoms with van der Waals surface area (Å²) in [6.07, 6.45) is 0. The van der Waals surface area contributed by atoms with E-state index in [-0.39, 0.29) is 5.54 Å². The number of anilines is 1. The zero-order chi connectivity index (χ0) is 14.9.